The van der Waals surface area contributed by atoms with Crippen molar-refractivity contribution in [2.24, 2.45) is 0 Å². The lowest BCUT2D eigenvalue weighted by atomic mass is 10.1. The highest BCUT2D eigenvalue weighted by Crippen LogP contribution is 2.26. The Kier molecular flexibility index (Phi) is 2.40. The standard InChI is InChI=1S/C12H9BrN4/c1-7-2-3-8-10(6-7)15-12(13)16-11(8)9-4-5-14-17-9/h2-6H,1H3,(H,14,17). The number of aromatic nitrogens is 4. The van der Waals surface area contributed by atoms with Gasteiger partial charge in [0, 0.05) is 11.6 Å². The molecule has 84 valence electrons. The van der Waals surface area contributed by atoms with Gasteiger partial charge in [-0.2, -0.15) is 5.10 Å². The van der Waals surface area contributed by atoms with E-state index in [9.17, 15) is 0 Å². The highest BCUT2D eigenvalue weighted by molar-refractivity contribution is 9.10. The summed E-state index contributed by atoms with van der Waals surface area (Å²) in [4.78, 5) is 8.79. The zero-order valence-electron chi connectivity index (χ0n) is 9.11. The van der Waals surface area contributed by atoms with E-state index in [1.165, 1.54) is 5.56 Å². The van der Waals surface area contributed by atoms with E-state index in [1.54, 1.807) is 6.20 Å². The van der Waals surface area contributed by atoms with Crippen molar-refractivity contribution in [1.29, 1.82) is 0 Å². The maximum Gasteiger partial charge on any atom is 0.197 e. The molecule has 2 heterocycles. The second-order valence-electron chi connectivity index (χ2n) is 3.83. The minimum Gasteiger partial charge on any atom is -0.276 e. The molecule has 17 heavy (non-hydrogen) atoms. The predicted molar refractivity (Wildman–Crippen MR) is 69.6 cm³/mol. The van der Waals surface area contributed by atoms with Crippen LogP contribution in [0.4, 0.5) is 0 Å². The number of aryl methyl sites for hydroxylation is 1. The third-order valence-corrected chi connectivity index (χ3v) is 2.94. The van der Waals surface area contributed by atoms with Gasteiger partial charge >= 0.3 is 0 Å². The number of hydrogen-bond donors (Lipinski definition) is 1. The fourth-order valence-corrected chi connectivity index (χ4v) is 2.17. The van der Waals surface area contributed by atoms with Gasteiger partial charge in [0.1, 0.15) is 5.69 Å². The van der Waals surface area contributed by atoms with E-state index in [0.29, 0.717) is 4.73 Å². The lowest BCUT2D eigenvalue weighted by Crippen LogP contribution is -1.92. The summed E-state index contributed by atoms with van der Waals surface area (Å²) in [7, 11) is 0. The molecule has 4 nitrogen and oxygen atoms in total. The van der Waals surface area contributed by atoms with Crippen LogP contribution in [0.15, 0.2) is 35.2 Å². The van der Waals surface area contributed by atoms with Gasteiger partial charge in [-0.05, 0) is 40.5 Å². The van der Waals surface area contributed by atoms with Gasteiger partial charge < -0.3 is 0 Å². The largest absolute Gasteiger partial charge is 0.276 e. The molecule has 0 spiro atoms. The van der Waals surface area contributed by atoms with E-state index in [2.05, 4.69) is 42.2 Å². The normalized spacial score (nSPS) is 10.9. The van der Waals surface area contributed by atoms with Gasteiger partial charge in [0.2, 0.25) is 0 Å². The molecule has 0 bridgehead atoms. The first kappa shape index (κ1) is 10.4. The van der Waals surface area contributed by atoms with Gasteiger partial charge in [-0.3, -0.25) is 5.10 Å². The Hall–Kier alpha value is -1.75. The highest BCUT2D eigenvalue weighted by atomic mass is 79.9. The number of fused-ring (bicyclic) bond motifs is 1. The summed E-state index contributed by atoms with van der Waals surface area (Å²) < 4.78 is 0.584. The molecule has 3 rings (SSSR count). The van der Waals surface area contributed by atoms with Crippen molar-refractivity contribution in [1.82, 2.24) is 20.2 Å². The van der Waals surface area contributed by atoms with Crippen LogP contribution in [0, 0.1) is 6.92 Å². The highest BCUT2D eigenvalue weighted by Gasteiger charge is 2.09. The van der Waals surface area contributed by atoms with Crippen LogP contribution in [0.25, 0.3) is 22.3 Å². The molecule has 0 saturated heterocycles. The number of nitrogens with one attached hydrogen (secondary N) is 1. The molecule has 0 aliphatic carbocycles. The monoisotopic (exact) mass is 288 g/mol. The Balaban J connectivity index is 2.38. The van der Waals surface area contributed by atoms with E-state index in [1.807, 2.05) is 25.1 Å². The van der Waals surface area contributed by atoms with Crippen LogP contribution in [0.1, 0.15) is 5.56 Å². The first-order valence-corrected chi connectivity index (χ1v) is 5.97. The zero-order valence-corrected chi connectivity index (χ0v) is 10.7. The number of aromatic amines is 1. The molecule has 0 saturated carbocycles. The van der Waals surface area contributed by atoms with Crippen LogP contribution in [-0.4, -0.2) is 20.2 Å². The third-order valence-electron chi connectivity index (χ3n) is 2.58. The number of hydrogen-bond acceptors (Lipinski definition) is 3. The molecule has 0 unspecified atom stereocenters. The molecule has 0 atom stereocenters. The van der Waals surface area contributed by atoms with Crippen LogP contribution in [0.5, 0.6) is 0 Å². The van der Waals surface area contributed by atoms with E-state index in [-0.39, 0.29) is 0 Å². The van der Waals surface area contributed by atoms with Crippen molar-refractivity contribution in [2.75, 3.05) is 0 Å². The Morgan fingerprint density at radius 3 is 2.82 bits per heavy atom. The second kappa shape index (κ2) is 3.92. The Labute approximate surface area is 106 Å². The van der Waals surface area contributed by atoms with E-state index in [0.717, 1.165) is 22.3 Å². The first-order valence-electron chi connectivity index (χ1n) is 5.18. The fourth-order valence-electron chi connectivity index (χ4n) is 1.80. The second-order valence-corrected chi connectivity index (χ2v) is 4.54. The summed E-state index contributed by atoms with van der Waals surface area (Å²) >= 11 is 3.34. The van der Waals surface area contributed by atoms with Gasteiger partial charge in [0.15, 0.2) is 4.73 Å². The molecule has 0 amide bonds. The fraction of sp³-hybridized carbons (Fsp3) is 0.0833. The van der Waals surface area contributed by atoms with Gasteiger partial charge in [-0.1, -0.05) is 12.1 Å². The van der Waals surface area contributed by atoms with Gasteiger partial charge in [-0.25, -0.2) is 9.97 Å². The van der Waals surface area contributed by atoms with Gasteiger partial charge in [0.05, 0.1) is 11.2 Å². The number of halogens is 1. The molecule has 0 aliphatic heterocycles. The zero-order chi connectivity index (χ0) is 11.8. The minimum absolute atomic E-state index is 0.584. The Morgan fingerprint density at radius 1 is 1.18 bits per heavy atom. The molecule has 0 fully saturated rings. The van der Waals surface area contributed by atoms with Crippen LogP contribution < -0.4 is 0 Å². The molecular formula is C12H9BrN4. The van der Waals surface area contributed by atoms with Crippen molar-refractivity contribution in [3.63, 3.8) is 0 Å². The Bertz CT molecular complexity index is 671. The van der Waals surface area contributed by atoms with Crippen LogP contribution in [0.3, 0.4) is 0 Å². The van der Waals surface area contributed by atoms with Crippen molar-refractivity contribution in [3.8, 4) is 11.4 Å². The molecule has 0 radical (unpaired) electrons. The quantitative estimate of drug-likeness (QED) is 0.700. The van der Waals surface area contributed by atoms with E-state index < -0.39 is 0 Å². The van der Waals surface area contributed by atoms with Crippen molar-refractivity contribution >= 4 is 26.8 Å². The minimum atomic E-state index is 0.584. The van der Waals surface area contributed by atoms with Crippen LogP contribution in [0.2, 0.25) is 0 Å². The van der Waals surface area contributed by atoms with Crippen molar-refractivity contribution in [3.05, 3.63) is 40.8 Å². The maximum absolute atomic E-state index is 4.41. The topological polar surface area (TPSA) is 54.5 Å². The number of H-pyrrole nitrogens is 1. The molecular weight excluding hydrogens is 280 g/mol. The summed E-state index contributed by atoms with van der Waals surface area (Å²) in [5.41, 5.74) is 3.86. The van der Waals surface area contributed by atoms with Crippen LogP contribution in [-0.2, 0) is 0 Å². The molecule has 1 N–H and O–H groups in total. The number of benzene rings is 1. The number of rotatable bonds is 1. The molecule has 5 heteroatoms. The third kappa shape index (κ3) is 1.82. The summed E-state index contributed by atoms with van der Waals surface area (Å²) in [6.07, 6.45) is 1.71. The predicted octanol–water partition coefficient (Wildman–Crippen LogP) is 3.09. The first-order chi connectivity index (χ1) is 8.24. The van der Waals surface area contributed by atoms with Gasteiger partial charge in [-0.15, -0.1) is 0 Å². The van der Waals surface area contributed by atoms with Crippen LogP contribution >= 0.6 is 15.9 Å². The Morgan fingerprint density at radius 2 is 2.06 bits per heavy atom. The molecule has 0 aliphatic rings. The SMILES string of the molecule is Cc1ccc2c(-c3ccn[nH]3)nc(Br)nc2c1. The van der Waals surface area contributed by atoms with E-state index >= 15 is 0 Å². The lowest BCUT2D eigenvalue weighted by Gasteiger charge is -2.05. The lowest BCUT2D eigenvalue weighted by molar-refractivity contribution is 1.08. The van der Waals surface area contributed by atoms with E-state index in [4.69, 9.17) is 0 Å². The number of nitrogens with zero attached hydrogens (tertiary/aromatic N) is 3. The molecule has 1 aromatic carbocycles. The van der Waals surface area contributed by atoms with Gasteiger partial charge in [0.25, 0.3) is 0 Å². The summed E-state index contributed by atoms with van der Waals surface area (Å²) in [5.74, 6) is 0. The average Bonchev–Trinajstić information content (AvgIpc) is 2.80. The van der Waals surface area contributed by atoms with Crippen molar-refractivity contribution < 1.29 is 0 Å². The average molecular weight is 289 g/mol. The molecule has 3 aromatic rings. The smallest absolute Gasteiger partial charge is 0.197 e. The summed E-state index contributed by atoms with van der Waals surface area (Å²) in [6.45, 7) is 2.05. The summed E-state index contributed by atoms with van der Waals surface area (Å²) in [5, 5.41) is 7.89. The van der Waals surface area contributed by atoms with Crippen molar-refractivity contribution in [2.45, 2.75) is 6.92 Å². The maximum atomic E-state index is 4.41. The molecule has 2 aromatic heterocycles. The summed E-state index contributed by atoms with van der Waals surface area (Å²) in [6, 6.07) is 8.03.